The Morgan fingerprint density at radius 1 is 1.53 bits per heavy atom. The van der Waals surface area contributed by atoms with Crippen LogP contribution in [0.25, 0.3) is 0 Å². The van der Waals surface area contributed by atoms with Gasteiger partial charge >= 0.3 is 0 Å². The summed E-state index contributed by atoms with van der Waals surface area (Å²) in [4.78, 5) is 4.18. The van der Waals surface area contributed by atoms with E-state index in [1.807, 2.05) is 19.3 Å². The van der Waals surface area contributed by atoms with Crippen LogP contribution in [0.1, 0.15) is 37.3 Å². The highest BCUT2D eigenvalue weighted by atomic mass is 16.5. The van der Waals surface area contributed by atoms with Crippen LogP contribution in [0.4, 0.5) is 0 Å². The largest absolute Gasteiger partial charge is 0.369 e. The summed E-state index contributed by atoms with van der Waals surface area (Å²) in [5, 5.41) is 0. The summed E-state index contributed by atoms with van der Waals surface area (Å²) in [7, 11) is 0. The normalized spacial score (nSPS) is 28.5. The highest BCUT2D eigenvalue weighted by Gasteiger charge is 2.37. The van der Waals surface area contributed by atoms with E-state index < -0.39 is 0 Å². The molecule has 2 atom stereocenters. The Balaban J connectivity index is 1.97. The van der Waals surface area contributed by atoms with E-state index in [-0.39, 0.29) is 5.60 Å². The SMILES string of the molecule is Cc1cncc(COC2(CN)CCC(C)C2)c1. The maximum atomic E-state index is 6.09. The molecule has 3 heteroatoms. The van der Waals surface area contributed by atoms with Gasteiger partial charge in [0.15, 0.2) is 0 Å². The minimum Gasteiger partial charge on any atom is -0.369 e. The summed E-state index contributed by atoms with van der Waals surface area (Å²) in [6.07, 6.45) is 7.13. The Labute approximate surface area is 103 Å². The van der Waals surface area contributed by atoms with Crippen LogP contribution in [0, 0.1) is 12.8 Å². The molecule has 3 nitrogen and oxygen atoms in total. The first-order valence-corrected chi connectivity index (χ1v) is 6.38. The fraction of sp³-hybridized carbons (Fsp3) is 0.643. The number of rotatable bonds is 4. The number of ether oxygens (including phenoxy) is 1. The molecule has 0 saturated heterocycles. The maximum Gasteiger partial charge on any atom is 0.0811 e. The van der Waals surface area contributed by atoms with Crippen molar-refractivity contribution in [3.63, 3.8) is 0 Å². The average molecular weight is 234 g/mol. The van der Waals surface area contributed by atoms with Crippen LogP contribution >= 0.6 is 0 Å². The molecule has 0 radical (unpaired) electrons. The molecule has 1 aromatic heterocycles. The van der Waals surface area contributed by atoms with E-state index in [9.17, 15) is 0 Å². The molecule has 1 aliphatic carbocycles. The summed E-state index contributed by atoms with van der Waals surface area (Å²) < 4.78 is 6.09. The van der Waals surface area contributed by atoms with Gasteiger partial charge in [-0.25, -0.2) is 0 Å². The average Bonchev–Trinajstić information content (AvgIpc) is 2.70. The smallest absolute Gasteiger partial charge is 0.0811 e. The van der Waals surface area contributed by atoms with Crippen molar-refractivity contribution < 1.29 is 4.74 Å². The zero-order valence-electron chi connectivity index (χ0n) is 10.8. The van der Waals surface area contributed by atoms with Crippen molar-refractivity contribution in [2.45, 2.75) is 45.3 Å². The van der Waals surface area contributed by atoms with E-state index in [0.29, 0.717) is 13.2 Å². The predicted octanol–water partition coefficient (Wildman–Crippen LogP) is 2.42. The molecular weight excluding hydrogens is 212 g/mol. The van der Waals surface area contributed by atoms with Crippen LogP contribution in [0.2, 0.25) is 0 Å². The molecule has 0 aliphatic heterocycles. The minimum atomic E-state index is -0.0941. The van der Waals surface area contributed by atoms with Crippen molar-refractivity contribution >= 4 is 0 Å². The van der Waals surface area contributed by atoms with E-state index in [2.05, 4.69) is 18.0 Å². The molecule has 0 aromatic carbocycles. The maximum absolute atomic E-state index is 6.09. The third kappa shape index (κ3) is 3.05. The van der Waals surface area contributed by atoms with Gasteiger partial charge in [0.2, 0.25) is 0 Å². The number of nitrogens with two attached hydrogens (primary N) is 1. The Bertz CT molecular complexity index is 380. The third-order valence-corrected chi connectivity index (χ3v) is 3.66. The molecule has 1 fully saturated rings. The number of hydrogen-bond donors (Lipinski definition) is 1. The fourth-order valence-corrected chi connectivity index (χ4v) is 2.66. The molecule has 2 rings (SSSR count). The second-order valence-electron chi connectivity index (χ2n) is 5.39. The molecule has 94 valence electrons. The zero-order valence-corrected chi connectivity index (χ0v) is 10.8. The van der Waals surface area contributed by atoms with Crippen molar-refractivity contribution in [1.82, 2.24) is 4.98 Å². The van der Waals surface area contributed by atoms with Gasteiger partial charge in [-0.05, 0) is 43.2 Å². The number of aryl methyl sites for hydroxylation is 1. The number of pyridine rings is 1. The Morgan fingerprint density at radius 3 is 2.94 bits per heavy atom. The standard InChI is InChI=1S/C14H22N2O/c1-11-3-4-14(6-11,10-15)17-9-13-5-12(2)7-16-8-13/h5,7-8,11H,3-4,6,9-10,15H2,1-2H3. The van der Waals surface area contributed by atoms with E-state index in [1.54, 1.807) is 0 Å². The Morgan fingerprint density at radius 2 is 2.35 bits per heavy atom. The van der Waals surface area contributed by atoms with Gasteiger partial charge in [0.1, 0.15) is 0 Å². The van der Waals surface area contributed by atoms with Crippen LogP contribution in [0.15, 0.2) is 18.5 Å². The molecule has 1 aromatic rings. The molecule has 1 heterocycles. The van der Waals surface area contributed by atoms with Crippen molar-refractivity contribution in [1.29, 1.82) is 0 Å². The summed E-state index contributed by atoms with van der Waals surface area (Å²) >= 11 is 0. The highest BCUT2D eigenvalue weighted by Crippen LogP contribution is 2.37. The van der Waals surface area contributed by atoms with Gasteiger partial charge in [0, 0.05) is 18.9 Å². The van der Waals surface area contributed by atoms with Crippen molar-refractivity contribution in [2.75, 3.05) is 6.54 Å². The Hall–Kier alpha value is -0.930. The van der Waals surface area contributed by atoms with Crippen molar-refractivity contribution in [2.24, 2.45) is 11.7 Å². The fourth-order valence-electron chi connectivity index (χ4n) is 2.66. The first-order valence-electron chi connectivity index (χ1n) is 6.38. The number of aromatic nitrogens is 1. The summed E-state index contributed by atoms with van der Waals surface area (Å²) in [6, 6.07) is 2.12. The van der Waals surface area contributed by atoms with Crippen LogP contribution < -0.4 is 5.73 Å². The second-order valence-corrected chi connectivity index (χ2v) is 5.39. The van der Waals surface area contributed by atoms with Gasteiger partial charge in [-0.15, -0.1) is 0 Å². The van der Waals surface area contributed by atoms with Gasteiger partial charge in [-0.3, -0.25) is 4.98 Å². The third-order valence-electron chi connectivity index (χ3n) is 3.66. The number of nitrogens with zero attached hydrogens (tertiary/aromatic N) is 1. The molecule has 2 N–H and O–H groups in total. The first-order chi connectivity index (χ1) is 8.13. The lowest BCUT2D eigenvalue weighted by atomic mass is 10.0. The second kappa shape index (κ2) is 5.15. The summed E-state index contributed by atoms with van der Waals surface area (Å²) in [5.41, 5.74) is 8.10. The van der Waals surface area contributed by atoms with Gasteiger partial charge < -0.3 is 10.5 Å². The molecule has 0 spiro atoms. The van der Waals surface area contributed by atoms with E-state index >= 15 is 0 Å². The highest BCUT2D eigenvalue weighted by molar-refractivity contribution is 5.15. The van der Waals surface area contributed by atoms with E-state index in [4.69, 9.17) is 10.5 Å². The quantitative estimate of drug-likeness (QED) is 0.870. The van der Waals surface area contributed by atoms with Crippen LogP contribution in [-0.4, -0.2) is 17.1 Å². The van der Waals surface area contributed by atoms with Crippen molar-refractivity contribution in [3.8, 4) is 0 Å². The lowest BCUT2D eigenvalue weighted by molar-refractivity contribution is -0.0472. The molecule has 0 amide bonds. The van der Waals surface area contributed by atoms with Gasteiger partial charge in [-0.1, -0.05) is 13.0 Å². The molecule has 2 unspecified atom stereocenters. The first kappa shape index (κ1) is 12.5. The van der Waals surface area contributed by atoms with E-state index in [0.717, 1.165) is 24.3 Å². The molecular formula is C14H22N2O. The number of hydrogen-bond acceptors (Lipinski definition) is 3. The lowest BCUT2D eigenvalue weighted by Gasteiger charge is -2.28. The molecule has 1 saturated carbocycles. The topological polar surface area (TPSA) is 48.1 Å². The summed E-state index contributed by atoms with van der Waals surface area (Å²) in [5.74, 6) is 0.731. The molecule has 1 aliphatic rings. The summed E-state index contributed by atoms with van der Waals surface area (Å²) in [6.45, 7) is 5.57. The van der Waals surface area contributed by atoms with Gasteiger partial charge in [0.05, 0.1) is 12.2 Å². The van der Waals surface area contributed by atoms with Crippen LogP contribution in [-0.2, 0) is 11.3 Å². The van der Waals surface area contributed by atoms with Crippen molar-refractivity contribution in [3.05, 3.63) is 29.6 Å². The minimum absolute atomic E-state index is 0.0941. The van der Waals surface area contributed by atoms with Crippen LogP contribution in [0.3, 0.4) is 0 Å². The molecule has 0 bridgehead atoms. The Kier molecular flexibility index (Phi) is 3.79. The zero-order chi connectivity index (χ0) is 12.3. The predicted molar refractivity (Wildman–Crippen MR) is 68.6 cm³/mol. The monoisotopic (exact) mass is 234 g/mol. The van der Waals surface area contributed by atoms with Gasteiger partial charge in [-0.2, -0.15) is 0 Å². The van der Waals surface area contributed by atoms with E-state index in [1.165, 1.54) is 12.0 Å². The van der Waals surface area contributed by atoms with Gasteiger partial charge in [0.25, 0.3) is 0 Å². The lowest BCUT2D eigenvalue weighted by Crippen LogP contribution is -2.38. The van der Waals surface area contributed by atoms with Crippen LogP contribution in [0.5, 0.6) is 0 Å². The molecule has 17 heavy (non-hydrogen) atoms.